The summed E-state index contributed by atoms with van der Waals surface area (Å²) < 4.78 is 7.75. The van der Waals surface area contributed by atoms with Crippen LogP contribution in [0.3, 0.4) is 0 Å². The number of carbonyl (C=O) groups is 1. The summed E-state index contributed by atoms with van der Waals surface area (Å²) in [6.07, 6.45) is 1.80. The first-order valence-electron chi connectivity index (χ1n) is 11.6. The fraction of sp³-hybridized carbons (Fsp3) is 0.269. The molecule has 1 aliphatic rings. The molecule has 8 heteroatoms. The smallest absolute Gasteiger partial charge is 0.322 e. The summed E-state index contributed by atoms with van der Waals surface area (Å²) in [7, 11) is 0. The first-order chi connectivity index (χ1) is 16.7. The van der Waals surface area contributed by atoms with Gasteiger partial charge in [-0.05, 0) is 43.3 Å². The highest BCUT2D eigenvalue weighted by atomic mass is 16.5. The molecule has 5 rings (SSSR count). The Morgan fingerprint density at radius 2 is 1.74 bits per heavy atom. The van der Waals surface area contributed by atoms with Crippen molar-refractivity contribution in [2.75, 3.05) is 38.1 Å². The van der Waals surface area contributed by atoms with E-state index in [1.165, 1.54) is 0 Å². The molecule has 4 aromatic rings. The Morgan fingerprint density at radius 1 is 0.971 bits per heavy atom. The predicted molar refractivity (Wildman–Crippen MR) is 132 cm³/mol. The highest BCUT2D eigenvalue weighted by Gasteiger charge is 2.24. The molecule has 2 aromatic carbocycles. The van der Waals surface area contributed by atoms with Crippen LogP contribution in [0.4, 0.5) is 10.5 Å². The summed E-state index contributed by atoms with van der Waals surface area (Å²) in [5.74, 6) is 1.63. The molecule has 0 aliphatic carbocycles. The minimum Gasteiger partial charge on any atom is -0.492 e. The maximum Gasteiger partial charge on any atom is 0.322 e. The van der Waals surface area contributed by atoms with Gasteiger partial charge in [-0.2, -0.15) is 0 Å². The highest BCUT2D eigenvalue weighted by Crippen LogP contribution is 2.25. The molecule has 0 unspecified atom stereocenters. The third kappa shape index (κ3) is 4.58. The average Bonchev–Trinajstić information content (AvgIpc) is 3.24. The molecule has 0 saturated carbocycles. The first-order valence-corrected chi connectivity index (χ1v) is 11.6. The molecule has 1 N–H and O–H groups in total. The van der Waals surface area contributed by atoms with E-state index in [1.807, 2.05) is 66.4 Å². The average molecular weight is 457 g/mol. The van der Waals surface area contributed by atoms with E-state index < -0.39 is 0 Å². The maximum absolute atomic E-state index is 12.9. The monoisotopic (exact) mass is 456 g/mol. The van der Waals surface area contributed by atoms with Gasteiger partial charge < -0.3 is 15.0 Å². The first kappa shape index (κ1) is 21.9. The number of rotatable bonds is 6. The Bertz CT molecular complexity index is 1260. The number of aromatic nitrogens is 3. The van der Waals surface area contributed by atoms with Crippen molar-refractivity contribution in [3.05, 3.63) is 78.8 Å². The van der Waals surface area contributed by atoms with Crippen molar-refractivity contribution in [3.8, 4) is 11.4 Å². The van der Waals surface area contributed by atoms with Crippen LogP contribution in [0.1, 0.15) is 12.7 Å². The summed E-state index contributed by atoms with van der Waals surface area (Å²) in [5, 5.41) is 3.00. The van der Waals surface area contributed by atoms with Gasteiger partial charge >= 0.3 is 6.03 Å². The second kappa shape index (κ2) is 9.93. The van der Waals surface area contributed by atoms with Gasteiger partial charge in [0.05, 0.1) is 18.8 Å². The van der Waals surface area contributed by atoms with Crippen LogP contribution in [0.15, 0.2) is 72.9 Å². The van der Waals surface area contributed by atoms with E-state index in [4.69, 9.17) is 9.72 Å². The molecule has 8 nitrogen and oxygen atoms in total. The van der Waals surface area contributed by atoms with Gasteiger partial charge in [-0.1, -0.05) is 30.3 Å². The Balaban J connectivity index is 1.26. The van der Waals surface area contributed by atoms with Crippen LogP contribution >= 0.6 is 0 Å². The number of para-hydroxylation sites is 3. The number of nitrogens with one attached hydrogen (secondary N) is 1. The van der Waals surface area contributed by atoms with Crippen LogP contribution in [0.25, 0.3) is 16.9 Å². The molecule has 0 radical (unpaired) electrons. The number of pyridine rings is 1. The molecule has 1 fully saturated rings. The molecule has 174 valence electrons. The van der Waals surface area contributed by atoms with Crippen molar-refractivity contribution in [2.24, 2.45) is 0 Å². The molecule has 0 bridgehead atoms. The van der Waals surface area contributed by atoms with Crippen LogP contribution in [0, 0.1) is 0 Å². The lowest BCUT2D eigenvalue weighted by molar-refractivity contribution is 0.140. The van der Waals surface area contributed by atoms with Gasteiger partial charge in [0.1, 0.15) is 17.1 Å². The van der Waals surface area contributed by atoms with Gasteiger partial charge in [-0.25, -0.2) is 14.8 Å². The van der Waals surface area contributed by atoms with Gasteiger partial charge in [0.2, 0.25) is 0 Å². The number of ether oxygens (including phenoxy) is 1. The fourth-order valence-electron chi connectivity index (χ4n) is 4.27. The fourth-order valence-corrected chi connectivity index (χ4v) is 4.27. The molecule has 34 heavy (non-hydrogen) atoms. The van der Waals surface area contributed by atoms with Crippen molar-refractivity contribution < 1.29 is 9.53 Å². The van der Waals surface area contributed by atoms with Gasteiger partial charge in [0.15, 0.2) is 5.65 Å². The molecule has 1 aliphatic heterocycles. The maximum atomic E-state index is 12.9. The Labute approximate surface area is 198 Å². The van der Waals surface area contributed by atoms with E-state index in [1.54, 1.807) is 6.20 Å². The van der Waals surface area contributed by atoms with Gasteiger partial charge in [-0.15, -0.1) is 0 Å². The molecule has 3 heterocycles. The largest absolute Gasteiger partial charge is 0.492 e. The van der Waals surface area contributed by atoms with Gasteiger partial charge in [-0.3, -0.25) is 9.47 Å². The van der Waals surface area contributed by atoms with Crippen molar-refractivity contribution in [3.63, 3.8) is 0 Å². The summed E-state index contributed by atoms with van der Waals surface area (Å²) >= 11 is 0. The predicted octanol–water partition coefficient (Wildman–Crippen LogP) is 4.17. The molecule has 2 aromatic heterocycles. The third-order valence-electron chi connectivity index (χ3n) is 5.95. The number of carbonyl (C=O) groups excluding carboxylic acids is 1. The SMILES string of the molecule is CCOc1ccccc1NC(=O)N1CCN(Cc2nc3cccnc3n2-c2ccccc2)CC1. The van der Waals surface area contributed by atoms with Crippen molar-refractivity contribution in [1.82, 2.24) is 24.3 Å². The molecular weight excluding hydrogens is 428 g/mol. The number of hydrogen-bond acceptors (Lipinski definition) is 5. The lowest BCUT2D eigenvalue weighted by Crippen LogP contribution is -2.49. The molecule has 2 amide bonds. The van der Waals surface area contributed by atoms with Crippen LogP contribution in [0.2, 0.25) is 0 Å². The standard InChI is InChI=1S/C26H28N6O2/c1-2-34-23-13-7-6-11-21(23)29-26(33)31-17-15-30(16-18-31)19-24-28-22-12-8-14-27-25(22)32(24)20-9-4-3-5-10-20/h3-14H,2,15-19H2,1H3,(H,29,33). The zero-order valence-electron chi connectivity index (χ0n) is 19.2. The van der Waals surface area contributed by atoms with Crippen molar-refractivity contribution in [1.29, 1.82) is 0 Å². The lowest BCUT2D eigenvalue weighted by Gasteiger charge is -2.34. The van der Waals surface area contributed by atoms with Crippen molar-refractivity contribution >= 4 is 22.9 Å². The van der Waals surface area contributed by atoms with Crippen molar-refractivity contribution in [2.45, 2.75) is 13.5 Å². The minimum absolute atomic E-state index is 0.104. The second-order valence-electron chi connectivity index (χ2n) is 8.17. The Hall–Kier alpha value is -3.91. The zero-order chi connectivity index (χ0) is 23.3. The summed E-state index contributed by atoms with van der Waals surface area (Å²) in [4.78, 5) is 26.5. The summed E-state index contributed by atoms with van der Waals surface area (Å²) in [6.45, 7) is 6.00. The number of piperazine rings is 1. The molecule has 0 atom stereocenters. The second-order valence-corrected chi connectivity index (χ2v) is 8.17. The van der Waals surface area contributed by atoms with Gasteiger partial charge in [0, 0.05) is 38.1 Å². The van der Waals surface area contributed by atoms with E-state index in [9.17, 15) is 4.79 Å². The minimum atomic E-state index is -0.104. The van der Waals surface area contributed by atoms with Crippen LogP contribution in [0.5, 0.6) is 5.75 Å². The number of urea groups is 1. The quantitative estimate of drug-likeness (QED) is 0.471. The number of benzene rings is 2. The summed E-state index contributed by atoms with van der Waals surface area (Å²) in [5.41, 5.74) is 3.48. The number of fused-ring (bicyclic) bond motifs is 1. The number of hydrogen-bond donors (Lipinski definition) is 1. The van der Waals surface area contributed by atoms with E-state index in [-0.39, 0.29) is 6.03 Å². The summed E-state index contributed by atoms with van der Waals surface area (Å²) in [6, 6.07) is 21.5. The highest BCUT2D eigenvalue weighted by molar-refractivity contribution is 5.91. The Morgan fingerprint density at radius 3 is 2.53 bits per heavy atom. The van der Waals surface area contributed by atoms with E-state index in [0.717, 1.165) is 35.8 Å². The van der Waals surface area contributed by atoms with Crippen LogP contribution in [-0.4, -0.2) is 63.2 Å². The normalized spacial score (nSPS) is 14.3. The van der Waals surface area contributed by atoms with Crippen LogP contribution < -0.4 is 10.1 Å². The number of imidazole rings is 1. The van der Waals surface area contributed by atoms with E-state index in [0.29, 0.717) is 37.7 Å². The Kier molecular flexibility index (Phi) is 6.40. The van der Waals surface area contributed by atoms with E-state index in [2.05, 4.69) is 31.9 Å². The van der Waals surface area contributed by atoms with Gasteiger partial charge in [0.25, 0.3) is 0 Å². The molecule has 0 spiro atoms. The number of amides is 2. The lowest BCUT2D eigenvalue weighted by atomic mass is 10.3. The molecular formula is C26H28N6O2. The van der Waals surface area contributed by atoms with E-state index >= 15 is 0 Å². The third-order valence-corrected chi connectivity index (χ3v) is 5.95. The topological polar surface area (TPSA) is 75.5 Å². The molecule has 1 saturated heterocycles. The zero-order valence-corrected chi connectivity index (χ0v) is 19.2. The number of nitrogens with zero attached hydrogens (tertiary/aromatic N) is 5. The number of anilines is 1. The van der Waals surface area contributed by atoms with Crippen LogP contribution in [-0.2, 0) is 6.54 Å².